The lowest BCUT2D eigenvalue weighted by atomic mass is 9.49. The van der Waals surface area contributed by atoms with Gasteiger partial charge in [0.05, 0.1) is 0 Å². The predicted octanol–water partition coefficient (Wildman–Crippen LogP) is 4.70. The van der Waals surface area contributed by atoms with Gasteiger partial charge in [-0.05, 0) is 79.7 Å². The van der Waals surface area contributed by atoms with E-state index in [0.29, 0.717) is 11.3 Å². The summed E-state index contributed by atoms with van der Waals surface area (Å²) in [7, 11) is 0. The van der Waals surface area contributed by atoms with Crippen molar-refractivity contribution in [2.24, 2.45) is 23.2 Å². The molecule has 142 valence electrons. The van der Waals surface area contributed by atoms with Gasteiger partial charge in [-0.15, -0.1) is 0 Å². The first kappa shape index (κ1) is 16.2. The van der Waals surface area contributed by atoms with Crippen LogP contribution in [0, 0.1) is 23.2 Å². The van der Waals surface area contributed by atoms with Crippen molar-refractivity contribution in [2.45, 2.75) is 57.8 Å². The Bertz CT molecular complexity index is 860. The van der Waals surface area contributed by atoms with Crippen LogP contribution in [-0.4, -0.2) is 28.9 Å². The second kappa shape index (κ2) is 5.86. The molecule has 2 aromatic rings. The lowest BCUT2D eigenvalue weighted by Gasteiger charge is -2.57. The van der Waals surface area contributed by atoms with Gasteiger partial charge in [-0.25, -0.2) is 0 Å². The number of fused-ring (bicyclic) bond motifs is 3. The highest BCUT2D eigenvalue weighted by atomic mass is 16.2. The number of aromatic nitrogens is 1. The highest BCUT2D eigenvalue weighted by molar-refractivity contribution is 5.85. The summed E-state index contributed by atoms with van der Waals surface area (Å²) in [6.07, 6.45) is 11.2. The van der Waals surface area contributed by atoms with Gasteiger partial charge >= 0.3 is 0 Å². The Morgan fingerprint density at radius 3 is 2.41 bits per heavy atom. The molecule has 1 N–H and O–H groups in total. The maximum atomic E-state index is 13.3. The molecule has 0 atom stereocenters. The van der Waals surface area contributed by atoms with E-state index >= 15 is 0 Å². The zero-order chi connectivity index (χ0) is 18.0. The zero-order valence-corrected chi connectivity index (χ0v) is 16.2. The van der Waals surface area contributed by atoms with Gasteiger partial charge in [-0.2, -0.15) is 0 Å². The van der Waals surface area contributed by atoms with E-state index in [1.165, 1.54) is 60.7 Å². The van der Waals surface area contributed by atoms with Crippen molar-refractivity contribution in [3.05, 3.63) is 35.5 Å². The van der Waals surface area contributed by atoms with Gasteiger partial charge < -0.3 is 9.88 Å². The Balaban J connectivity index is 1.18. The number of hydrogen-bond donors (Lipinski definition) is 1. The van der Waals surface area contributed by atoms with E-state index in [1.54, 1.807) is 0 Å². The summed E-state index contributed by atoms with van der Waals surface area (Å²) in [6.45, 7) is 1.77. The lowest BCUT2D eigenvalue weighted by Crippen LogP contribution is -2.48. The maximum Gasteiger partial charge on any atom is 0.223 e. The zero-order valence-electron chi connectivity index (χ0n) is 16.2. The molecule has 1 amide bonds. The third kappa shape index (κ3) is 2.65. The summed E-state index contributed by atoms with van der Waals surface area (Å²) < 4.78 is 0. The fourth-order valence-corrected chi connectivity index (χ4v) is 7.55. The summed E-state index contributed by atoms with van der Waals surface area (Å²) in [5.74, 6) is 3.23. The molecule has 4 fully saturated rings. The SMILES string of the molecule is O=C(CC12CC3CC(CC(C3)C1)C2)N1CCc2[nH]c3ccccc3c2CC1. The largest absolute Gasteiger partial charge is 0.358 e. The molecule has 1 aromatic carbocycles. The van der Waals surface area contributed by atoms with Crippen molar-refractivity contribution >= 4 is 16.8 Å². The number of carbonyl (C=O) groups excluding carboxylic acids is 1. The van der Waals surface area contributed by atoms with Crippen LogP contribution in [0.2, 0.25) is 0 Å². The molecular weight excluding hydrogens is 332 g/mol. The van der Waals surface area contributed by atoms with E-state index in [9.17, 15) is 4.79 Å². The van der Waals surface area contributed by atoms with Gasteiger partial charge in [-0.3, -0.25) is 4.79 Å². The predicted molar refractivity (Wildman–Crippen MR) is 108 cm³/mol. The molecule has 27 heavy (non-hydrogen) atoms. The molecule has 3 nitrogen and oxygen atoms in total. The molecule has 4 aliphatic carbocycles. The molecule has 0 spiro atoms. The monoisotopic (exact) mass is 362 g/mol. The number of carbonyl (C=O) groups is 1. The fourth-order valence-electron chi connectivity index (χ4n) is 7.55. The molecule has 0 unspecified atom stereocenters. The van der Waals surface area contributed by atoms with E-state index < -0.39 is 0 Å². The molecule has 2 heterocycles. The minimum absolute atomic E-state index is 0.360. The molecule has 3 heteroatoms. The van der Waals surface area contributed by atoms with Gasteiger partial charge in [0, 0.05) is 42.5 Å². The molecular formula is C24H30N2O. The molecule has 1 aliphatic heterocycles. The first-order valence-corrected chi connectivity index (χ1v) is 11.0. The standard InChI is InChI=1S/C24H30N2O/c27-23(15-24-12-16-9-17(13-24)11-18(10-16)14-24)26-7-5-20-19-3-1-2-4-21(19)25-22(20)6-8-26/h1-4,16-18,25H,5-15H2. The normalized spacial score (nSPS) is 34.7. The van der Waals surface area contributed by atoms with Crippen molar-refractivity contribution in [1.82, 2.24) is 9.88 Å². The van der Waals surface area contributed by atoms with Crippen LogP contribution in [-0.2, 0) is 17.6 Å². The average Bonchev–Trinajstić information content (AvgIpc) is 2.84. The Morgan fingerprint density at radius 1 is 1.00 bits per heavy atom. The molecule has 0 radical (unpaired) electrons. The second-order valence-electron chi connectivity index (χ2n) is 10.1. The van der Waals surface area contributed by atoms with Crippen LogP contribution in [0.5, 0.6) is 0 Å². The van der Waals surface area contributed by atoms with Gasteiger partial charge in [0.25, 0.3) is 0 Å². The third-order valence-electron chi connectivity index (χ3n) is 8.21. The molecule has 0 saturated heterocycles. The van der Waals surface area contributed by atoms with E-state index in [2.05, 4.69) is 34.1 Å². The summed E-state index contributed by atoms with van der Waals surface area (Å²) in [5.41, 5.74) is 4.40. The van der Waals surface area contributed by atoms with Crippen LogP contribution in [0.1, 0.15) is 56.2 Å². The summed E-state index contributed by atoms with van der Waals surface area (Å²) in [6, 6.07) is 8.61. The fraction of sp³-hybridized carbons (Fsp3) is 0.625. The Hall–Kier alpha value is -1.77. The van der Waals surface area contributed by atoms with Crippen LogP contribution >= 0.6 is 0 Å². The second-order valence-corrected chi connectivity index (χ2v) is 10.1. The van der Waals surface area contributed by atoms with E-state index in [-0.39, 0.29) is 0 Å². The number of benzene rings is 1. The lowest BCUT2D eigenvalue weighted by molar-refractivity contribution is -0.139. The minimum Gasteiger partial charge on any atom is -0.358 e. The first-order chi connectivity index (χ1) is 13.2. The highest BCUT2D eigenvalue weighted by Crippen LogP contribution is 2.61. The molecule has 4 bridgehead atoms. The number of hydrogen-bond acceptors (Lipinski definition) is 1. The first-order valence-electron chi connectivity index (χ1n) is 11.0. The van der Waals surface area contributed by atoms with Gasteiger partial charge in [0.1, 0.15) is 0 Å². The van der Waals surface area contributed by atoms with Crippen LogP contribution in [0.3, 0.4) is 0 Å². The van der Waals surface area contributed by atoms with E-state index in [1.807, 2.05) is 0 Å². The number of para-hydroxylation sites is 1. The smallest absolute Gasteiger partial charge is 0.223 e. The Labute approximate surface area is 161 Å². The quantitative estimate of drug-likeness (QED) is 0.826. The van der Waals surface area contributed by atoms with Crippen LogP contribution in [0.15, 0.2) is 24.3 Å². The minimum atomic E-state index is 0.360. The Morgan fingerprint density at radius 2 is 1.67 bits per heavy atom. The molecule has 7 rings (SSSR count). The van der Waals surface area contributed by atoms with Crippen molar-refractivity contribution in [1.29, 1.82) is 0 Å². The Kier molecular flexibility index (Phi) is 3.52. The maximum absolute atomic E-state index is 13.3. The van der Waals surface area contributed by atoms with Crippen molar-refractivity contribution in [2.75, 3.05) is 13.1 Å². The number of H-pyrrole nitrogens is 1. The highest BCUT2D eigenvalue weighted by Gasteiger charge is 2.51. The van der Waals surface area contributed by atoms with Crippen LogP contribution in [0.4, 0.5) is 0 Å². The van der Waals surface area contributed by atoms with Crippen molar-refractivity contribution in [3.63, 3.8) is 0 Å². The number of aromatic amines is 1. The number of nitrogens with one attached hydrogen (secondary N) is 1. The topological polar surface area (TPSA) is 36.1 Å². The third-order valence-corrected chi connectivity index (χ3v) is 8.21. The van der Waals surface area contributed by atoms with Gasteiger partial charge in [0.15, 0.2) is 0 Å². The molecule has 5 aliphatic rings. The van der Waals surface area contributed by atoms with Gasteiger partial charge in [-0.1, -0.05) is 18.2 Å². The number of amides is 1. The molecule has 1 aromatic heterocycles. The summed E-state index contributed by atoms with van der Waals surface area (Å²) in [5, 5.41) is 1.35. The van der Waals surface area contributed by atoms with Crippen molar-refractivity contribution in [3.8, 4) is 0 Å². The van der Waals surface area contributed by atoms with Crippen molar-refractivity contribution < 1.29 is 4.79 Å². The van der Waals surface area contributed by atoms with Gasteiger partial charge in [0.2, 0.25) is 5.91 Å². The number of nitrogens with zero attached hydrogens (tertiary/aromatic N) is 1. The van der Waals surface area contributed by atoms with Crippen LogP contribution in [0.25, 0.3) is 10.9 Å². The summed E-state index contributed by atoms with van der Waals surface area (Å²) >= 11 is 0. The average molecular weight is 363 g/mol. The van der Waals surface area contributed by atoms with E-state index in [0.717, 1.165) is 50.1 Å². The molecule has 4 saturated carbocycles. The number of rotatable bonds is 2. The van der Waals surface area contributed by atoms with E-state index in [4.69, 9.17) is 0 Å². The summed E-state index contributed by atoms with van der Waals surface area (Å²) in [4.78, 5) is 19.1. The van der Waals surface area contributed by atoms with Crippen LogP contribution < -0.4 is 0 Å².